The van der Waals surface area contributed by atoms with Crippen LogP contribution in [0, 0.1) is 10.1 Å². The van der Waals surface area contributed by atoms with Gasteiger partial charge in [-0.2, -0.15) is 0 Å². The lowest BCUT2D eigenvalue weighted by atomic mass is 10.1. The van der Waals surface area contributed by atoms with E-state index in [1.165, 1.54) is 18.2 Å². The molecule has 1 heterocycles. The van der Waals surface area contributed by atoms with Gasteiger partial charge in [-0.05, 0) is 31.0 Å². The standard InChI is InChI=1S/C17H17N3O4S/c1-12(9-13-11-18-17-8-3-2-7-16(13)17)19-25(23,24)15-6-4-5-14(10-15)20(21)22/h2-8,10-12,18-19H,9H2,1H3. The lowest BCUT2D eigenvalue weighted by molar-refractivity contribution is -0.385. The Labute approximate surface area is 144 Å². The molecule has 8 heteroatoms. The molecule has 0 aliphatic heterocycles. The Morgan fingerprint density at radius 1 is 1.20 bits per heavy atom. The molecule has 0 aliphatic carbocycles. The molecule has 0 spiro atoms. The van der Waals surface area contributed by atoms with Crippen molar-refractivity contribution in [2.75, 3.05) is 0 Å². The minimum absolute atomic E-state index is 0.118. The van der Waals surface area contributed by atoms with Gasteiger partial charge in [-0.25, -0.2) is 13.1 Å². The molecule has 0 fully saturated rings. The molecule has 2 aromatic carbocycles. The Morgan fingerprint density at radius 3 is 2.72 bits per heavy atom. The number of fused-ring (bicyclic) bond motifs is 1. The summed E-state index contributed by atoms with van der Waals surface area (Å²) in [6, 6.07) is 12.4. The number of hydrogen-bond donors (Lipinski definition) is 2. The van der Waals surface area contributed by atoms with Gasteiger partial charge in [0.25, 0.3) is 5.69 Å². The van der Waals surface area contributed by atoms with Crippen molar-refractivity contribution in [2.24, 2.45) is 0 Å². The fourth-order valence-corrected chi connectivity index (χ4v) is 4.05. The maximum absolute atomic E-state index is 12.5. The predicted octanol–water partition coefficient (Wildman–Crippen LogP) is 2.99. The van der Waals surface area contributed by atoms with Crippen LogP contribution in [0.25, 0.3) is 10.9 Å². The van der Waals surface area contributed by atoms with Crippen LogP contribution < -0.4 is 4.72 Å². The maximum atomic E-state index is 12.5. The number of benzene rings is 2. The summed E-state index contributed by atoms with van der Waals surface area (Å²) in [6.07, 6.45) is 2.36. The monoisotopic (exact) mass is 359 g/mol. The van der Waals surface area contributed by atoms with Gasteiger partial charge < -0.3 is 4.98 Å². The minimum Gasteiger partial charge on any atom is -0.361 e. The zero-order chi connectivity index (χ0) is 18.0. The number of nitrogens with one attached hydrogen (secondary N) is 2. The van der Waals surface area contributed by atoms with Crippen molar-refractivity contribution in [3.8, 4) is 0 Å². The van der Waals surface area contributed by atoms with Crippen molar-refractivity contribution >= 4 is 26.6 Å². The van der Waals surface area contributed by atoms with Crippen LogP contribution >= 0.6 is 0 Å². The lowest BCUT2D eigenvalue weighted by Gasteiger charge is -2.14. The predicted molar refractivity (Wildman–Crippen MR) is 94.9 cm³/mol. The van der Waals surface area contributed by atoms with Crippen LogP contribution in [0.2, 0.25) is 0 Å². The number of nitro benzene ring substituents is 1. The summed E-state index contributed by atoms with van der Waals surface area (Å²) in [5, 5.41) is 11.9. The first kappa shape index (κ1) is 17.1. The van der Waals surface area contributed by atoms with Gasteiger partial charge in [-0.3, -0.25) is 10.1 Å². The smallest absolute Gasteiger partial charge is 0.270 e. The summed E-state index contributed by atoms with van der Waals surface area (Å²) >= 11 is 0. The highest BCUT2D eigenvalue weighted by molar-refractivity contribution is 7.89. The van der Waals surface area contributed by atoms with Crippen LogP contribution in [0.4, 0.5) is 5.69 Å². The van der Waals surface area contributed by atoms with Gasteiger partial charge >= 0.3 is 0 Å². The Bertz CT molecular complexity index is 1030. The number of para-hydroxylation sites is 1. The summed E-state index contributed by atoms with van der Waals surface area (Å²) in [4.78, 5) is 13.2. The number of rotatable bonds is 6. The number of hydrogen-bond acceptors (Lipinski definition) is 4. The van der Waals surface area contributed by atoms with Gasteiger partial charge in [0.1, 0.15) is 0 Å². The van der Waals surface area contributed by atoms with Crippen LogP contribution in [0.3, 0.4) is 0 Å². The van der Waals surface area contributed by atoms with E-state index in [9.17, 15) is 18.5 Å². The summed E-state index contributed by atoms with van der Waals surface area (Å²) in [6.45, 7) is 1.76. The number of sulfonamides is 1. The molecule has 2 N–H and O–H groups in total. The molecule has 0 radical (unpaired) electrons. The lowest BCUT2D eigenvalue weighted by Crippen LogP contribution is -2.34. The molecule has 3 aromatic rings. The van der Waals surface area contributed by atoms with Crippen LogP contribution in [0.1, 0.15) is 12.5 Å². The van der Waals surface area contributed by atoms with Crippen molar-refractivity contribution < 1.29 is 13.3 Å². The van der Waals surface area contributed by atoms with Crippen molar-refractivity contribution in [3.63, 3.8) is 0 Å². The fraction of sp³-hybridized carbons (Fsp3) is 0.176. The fourth-order valence-electron chi connectivity index (χ4n) is 2.77. The van der Waals surface area contributed by atoms with Crippen LogP contribution in [-0.4, -0.2) is 24.4 Å². The first-order valence-corrected chi connectivity index (χ1v) is 9.17. The second-order valence-corrected chi connectivity index (χ2v) is 7.55. The van der Waals surface area contributed by atoms with Gasteiger partial charge in [-0.15, -0.1) is 0 Å². The Morgan fingerprint density at radius 2 is 1.96 bits per heavy atom. The average Bonchev–Trinajstić information content (AvgIpc) is 2.97. The second-order valence-electron chi connectivity index (χ2n) is 5.84. The van der Waals surface area contributed by atoms with E-state index in [2.05, 4.69) is 9.71 Å². The highest BCUT2D eigenvalue weighted by atomic mass is 32.2. The largest absolute Gasteiger partial charge is 0.361 e. The molecule has 0 bridgehead atoms. The molecule has 0 amide bonds. The third kappa shape index (κ3) is 3.70. The van der Waals surface area contributed by atoms with Crippen molar-refractivity contribution in [1.82, 2.24) is 9.71 Å². The van der Waals surface area contributed by atoms with Gasteiger partial charge in [-0.1, -0.05) is 24.3 Å². The molecule has 1 unspecified atom stereocenters. The molecule has 130 valence electrons. The van der Waals surface area contributed by atoms with Crippen LogP contribution in [-0.2, 0) is 16.4 Å². The molecular weight excluding hydrogens is 342 g/mol. The van der Waals surface area contributed by atoms with Gasteiger partial charge in [0.05, 0.1) is 9.82 Å². The molecule has 1 atom stereocenters. The Kier molecular flexibility index (Phi) is 4.56. The van der Waals surface area contributed by atoms with E-state index in [1.54, 1.807) is 6.92 Å². The molecule has 25 heavy (non-hydrogen) atoms. The van der Waals surface area contributed by atoms with E-state index < -0.39 is 14.9 Å². The number of H-pyrrole nitrogens is 1. The number of aromatic amines is 1. The number of aromatic nitrogens is 1. The minimum atomic E-state index is -3.84. The Hall–Kier alpha value is -2.71. The summed E-state index contributed by atoms with van der Waals surface area (Å²) in [5.41, 5.74) is 1.74. The normalized spacial score (nSPS) is 13.0. The SMILES string of the molecule is CC(Cc1c[nH]c2ccccc12)NS(=O)(=O)c1cccc([N+](=O)[O-])c1. The van der Waals surface area contributed by atoms with E-state index in [4.69, 9.17) is 0 Å². The molecule has 0 saturated heterocycles. The summed E-state index contributed by atoms with van der Waals surface area (Å²) < 4.78 is 27.5. The first-order chi connectivity index (χ1) is 11.9. The van der Waals surface area contributed by atoms with Crippen molar-refractivity contribution in [3.05, 3.63) is 70.4 Å². The zero-order valence-corrected chi connectivity index (χ0v) is 14.3. The van der Waals surface area contributed by atoms with Gasteiger partial charge in [0, 0.05) is 35.3 Å². The van der Waals surface area contributed by atoms with Crippen molar-refractivity contribution in [1.29, 1.82) is 0 Å². The quantitative estimate of drug-likeness (QED) is 0.521. The molecule has 7 nitrogen and oxygen atoms in total. The van der Waals surface area contributed by atoms with Crippen molar-refractivity contribution in [2.45, 2.75) is 24.3 Å². The number of nitro groups is 1. The second kappa shape index (κ2) is 6.66. The summed E-state index contributed by atoms with van der Waals surface area (Å²) in [5.74, 6) is 0. The third-order valence-electron chi connectivity index (χ3n) is 3.90. The van der Waals surface area contributed by atoms with E-state index in [-0.39, 0.29) is 16.6 Å². The van der Waals surface area contributed by atoms with E-state index in [0.717, 1.165) is 22.5 Å². The summed E-state index contributed by atoms with van der Waals surface area (Å²) in [7, 11) is -3.84. The molecule has 0 saturated carbocycles. The van der Waals surface area contributed by atoms with Gasteiger partial charge in [0.15, 0.2) is 0 Å². The van der Waals surface area contributed by atoms with Gasteiger partial charge in [0.2, 0.25) is 10.0 Å². The molecular formula is C17H17N3O4S. The zero-order valence-electron chi connectivity index (χ0n) is 13.5. The average molecular weight is 359 g/mol. The molecule has 0 aliphatic rings. The van der Waals surface area contributed by atoms with Crippen LogP contribution in [0.15, 0.2) is 59.6 Å². The topological polar surface area (TPSA) is 105 Å². The number of non-ortho nitro benzene ring substituents is 1. The van der Waals surface area contributed by atoms with E-state index in [1.807, 2.05) is 30.5 Å². The van der Waals surface area contributed by atoms with E-state index >= 15 is 0 Å². The Balaban J connectivity index is 1.78. The maximum Gasteiger partial charge on any atom is 0.270 e. The van der Waals surface area contributed by atoms with E-state index in [0.29, 0.717) is 6.42 Å². The molecule has 3 rings (SSSR count). The third-order valence-corrected chi connectivity index (χ3v) is 5.48. The number of nitrogens with zero attached hydrogens (tertiary/aromatic N) is 1. The molecule has 1 aromatic heterocycles. The highest BCUT2D eigenvalue weighted by Crippen LogP contribution is 2.21. The van der Waals surface area contributed by atoms with Crippen LogP contribution in [0.5, 0.6) is 0 Å². The first-order valence-electron chi connectivity index (χ1n) is 7.68. The highest BCUT2D eigenvalue weighted by Gasteiger charge is 2.20.